The Morgan fingerprint density at radius 1 is 1.24 bits per heavy atom. The molecule has 29 heavy (non-hydrogen) atoms. The number of pyridine rings is 1. The number of unbranched alkanes of at least 4 members (excludes halogenated alkanes) is 1. The highest BCUT2D eigenvalue weighted by Crippen LogP contribution is 2.41. The fourth-order valence-corrected chi connectivity index (χ4v) is 4.06. The summed E-state index contributed by atoms with van der Waals surface area (Å²) in [5.74, 6) is 0.468. The molecular formula is C21H23N4O3S+. The summed E-state index contributed by atoms with van der Waals surface area (Å²) >= 11 is 1.16. The number of benzene rings is 1. The molecule has 0 unspecified atom stereocenters. The molecule has 5 N–H and O–H groups in total. The Hall–Kier alpha value is -3.31. The third-order valence-corrected chi connectivity index (χ3v) is 5.55. The maximum Gasteiger partial charge on any atom is 0.350 e. The molecule has 0 radical (unpaired) electrons. The minimum absolute atomic E-state index is 0.218. The third-order valence-electron chi connectivity index (χ3n) is 4.44. The number of nitrogens with zero attached hydrogens (tertiary/aromatic N) is 1. The summed E-state index contributed by atoms with van der Waals surface area (Å²) in [4.78, 5) is 16.2. The largest absolute Gasteiger partial charge is 0.494 e. The molecule has 0 aliphatic heterocycles. The van der Waals surface area contributed by atoms with Gasteiger partial charge in [0.15, 0.2) is 4.83 Å². The average molecular weight is 412 g/mol. The van der Waals surface area contributed by atoms with Crippen molar-refractivity contribution in [3.63, 3.8) is 0 Å². The lowest BCUT2D eigenvalue weighted by Gasteiger charge is -2.09. The summed E-state index contributed by atoms with van der Waals surface area (Å²) < 4.78 is 10.8. The first-order chi connectivity index (χ1) is 14.0. The molecule has 150 valence electrons. The molecule has 7 nitrogen and oxygen atoms in total. The van der Waals surface area contributed by atoms with Crippen LogP contribution in [0.4, 0.5) is 11.5 Å². The quantitative estimate of drug-likeness (QED) is 0.450. The zero-order chi connectivity index (χ0) is 21.0. The van der Waals surface area contributed by atoms with E-state index in [9.17, 15) is 10.1 Å². The number of nitrogen functional groups attached to an aromatic ring is 2. The molecule has 0 saturated heterocycles. The molecule has 2 aromatic heterocycles. The number of rotatable bonds is 7. The summed E-state index contributed by atoms with van der Waals surface area (Å²) in [7, 11) is 0. The smallest absolute Gasteiger partial charge is 0.350 e. The van der Waals surface area contributed by atoms with Crippen LogP contribution >= 0.6 is 11.3 Å². The number of hydrogen-bond acceptors (Lipinski definition) is 7. The van der Waals surface area contributed by atoms with Gasteiger partial charge in [-0.05, 0) is 31.0 Å². The SMILES string of the molecule is CCCCOc1ccc(-c2c(C#N)c(N)[nH+]c3sc(C(=O)OCC)c(N)c23)cc1. The standard InChI is InChI=1S/C21H22N4O3S/c1-3-5-10-28-13-8-6-12(7-9-13)15-14(11-22)19(24)25-20-16(15)17(23)18(29-20)21(26)27-4-2/h6-9H,3-5,10,23H2,1-2H3,(H2,24,25)/p+1. The number of esters is 1. The topological polar surface area (TPSA) is 126 Å². The highest BCUT2D eigenvalue weighted by Gasteiger charge is 2.27. The van der Waals surface area contributed by atoms with Crippen LogP contribution in [0.3, 0.4) is 0 Å². The van der Waals surface area contributed by atoms with E-state index in [-0.39, 0.29) is 28.6 Å². The van der Waals surface area contributed by atoms with Gasteiger partial charge in [0, 0.05) is 5.56 Å². The summed E-state index contributed by atoms with van der Waals surface area (Å²) in [6.07, 6.45) is 2.04. The fraction of sp³-hybridized carbons (Fsp3) is 0.286. The van der Waals surface area contributed by atoms with Crippen molar-refractivity contribution in [3.05, 3.63) is 34.7 Å². The molecule has 0 fully saturated rings. The van der Waals surface area contributed by atoms with Crippen molar-refractivity contribution in [3.8, 4) is 22.9 Å². The van der Waals surface area contributed by atoms with E-state index in [2.05, 4.69) is 18.0 Å². The second kappa shape index (κ2) is 8.80. The number of fused-ring (bicyclic) bond motifs is 1. The zero-order valence-corrected chi connectivity index (χ0v) is 17.2. The molecule has 0 aliphatic carbocycles. The van der Waals surface area contributed by atoms with E-state index >= 15 is 0 Å². The van der Waals surface area contributed by atoms with Gasteiger partial charge in [-0.15, -0.1) is 0 Å². The summed E-state index contributed by atoms with van der Waals surface area (Å²) in [6, 6.07) is 9.56. The molecule has 3 aromatic rings. The van der Waals surface area contributed by atoms with E-state index < -0.39 is 5.97 Å². The monoisotopic (exact) mass is 411 g/mol. The molecule has 0 spiro atoms. The van der Waals surface area contributed by atoms with Gasteiger partial charge in [-0.3, -0.25) is 5.73 Å². The Kier molecular flexibility index (Phi) is 6.20. The van der Waals surface area contributed by atoms with Gasteiger partial charge < -0.3 is 15.2 Å². The van der Waals surface area contributed by atoms with Gasteiger partial charge >= 0.3 is 5.97 Å². The Morgan fingerprint density at radius 3 is 2.59 bits per heavy atom. The van der Waals surface area contributed by atoms with Crippen molar-refractivity contribution in [2.24, 2.45) is 0 Å². The van der Waals surface area contributed by atoms with E-state index in [4.69, 9.17) is 20.9 Å². The fourth-order valence-electron chi connectivity index (χ4n) is 3.03. The van der Waals surface area contributed by atoms with E-state index in [0.717, 1.165) is 35.5 Å². The number of hydrogen-bond donors (Lipinski definition) is 2. The third kappa shape index (κ3) is 3.96. The number of thiophene rings is 1. The predicted octanol–water partition coefficient (Wildman–Crippen LogP) is 3.77. The number of ether oxygens (including phenoxy) is 2. The lowest BCUT2D eigenvalue weighted by Crippen LogP contribution is -2.13. The van der Waals surface area contributed by atoms with Crippen LogP contribution in [-0.2, 0) is 4.74 Å². The number of carbonyl (C=O) groups excluding carboxylic acids is 1. The van der Waals surface area contributed by atoms with Gasteiger partial charge in [0.1, 0.15) is 22.3 Å². The lowest BCUT2D eigenvalue weighted by molar-refractivity contribution is -0.323. The van der Waals surface area contributed by atoms with Crippen LogP contribution in [0.2, 0.25) is 0 Å². The van der Waals surface area contributed by atoms with Gasteiger partial charge in [-0.25, -0.2) is 9.78 Å². The van der Waals surface area contributed by atoms with Crippen LogP contribution in [-0.4, -0.2) is 19.2 Å². The van der Waals surface area contributed by atoms with Crippen LogP contribution in [0.25, 0.3) is 21.3 Å². The zero-order valence-electron chi connectivity index (χ0n) is 16.4. The van der Waals surface area contributed by atoms with Gasteiger partial charge in [0.05, 0.1) is 24.3 Å². The Bertz CT molecular complexity index is 1080. The summed E-state index contributed by atoms with van der Waals surface area (Å²) in [6.45, 7) is 4.73. The van der Waals surface area contributed by atoms with Gasteiger partial charge in [-0.1, -0.05) is 36.8 Å². The number of aromatic amines is 1. The van der Waals surface area contributed by atoms with E-state index in [0.29, 0.717) is 22.4 Å². The number of H-pyrrole nitrogens is 1. The maximum absolute atomic E-state index is 12.3. The van der Waals surface area contributed by atoms with Crippen molar-refractivity contribution in [2.45, 2.75) is 26.7 Å². The number of carbonyl (C=O) groups is 1. The summed E-state index contributed by atoms with van der Waals surface area (Å²) in [5.41, 5.74) is 14.3. The highest BCUT2D eigenvalue weighted by molar-refractivity contribution is 7.20. The first kappa shape index (κ1) is 20.4. The first-order valence-corrected chi connectivity index (χ1v) is 10.2. The van der Waals surface area contributed by atoms with E-state index in [1.807, 2.05) is 24.3 Å². The summed E-state index contributed by atoms with van der Waals surface area (Å²) in [5, 5.41) is 10.3. The number of nitrogens with two attached hydrogens (primary N) is 2. The van der Waals surface area contributed by atoms with Crippen LogP contribution in [0.15, 0.2) is 24.3 Å². The Labute approximate surface area is 172 Å². The molecule has 0 amide bonds. The minimum Gasteiger partial charge on any atom is -0.494 e. The molecule has 8 heteroatoms. The van der Waals surface area contributed by atoms with Gasteiger partial charge in [0.25, 0.3) is 5.82 Å². The molecule has 3 rings (SSSR count). The van der Waals surface area contributed by atoms with Crippen molar-refractivity contribution < 1.29 is 19.3 Å². The number of nitrogens with one attached hydrogen (secondary N) is 1. The molecule has 0 bridgehead atoms. The molecule has 0 saturated carbocycles. The Balaban J connectivity index is 2.15. The molecule has 2 heterocycles. The predicted molar refractivity (Wildman–Crippen MR) is 114 cm³/mol. The van der Waals surface area contributed by atoms with Crippen LogP contribution in [0.1, 0.15) is 41.9 Å². The average Bonchev–Trinajstić information content (AvgIpc) is 3.04. The second-order valence-electron chi connectivity index (χ2n) is 6.40. The van der Waals surface area contributed by atoms with Crippen LogP contribution in [0.5, 0.6) is 5.75 Å². The van der Waals surface area contributed by atoms with Crippen molar-refractivity contribution in [2.75, 3.05) is 24.7 Å². The van der Waals surface area contributed by atoms with Gasteiger partial charge in [-0.2, -0.15) is 5.26 Å². The molecule has 1 aromatic carbocycles. The minimum atomic E-state index is -0.498. The highest BCUT2D eigenvalue weighted by atomic mass is 32.1. The van der Waals surface area contributed by atoms with E-state index in [1.165, 1.54) is 0 Å². The second-order valence-corrected chi connectivity index (χ2v) is 7.42. The van der Waals surface area contributed by atoms with Gasteiger partial charge in [0.2, 0.25) is 0 Å². The molecule has 0 atom stereocenters. The number of nitriles is 1. The van der Waals surface area contributed by atoms with Crippen molar-refractivity contribution in [1.82, 2.24) is 0 Å². The van der Waals surface area contributed by atoms with E-state index in [1.54, 1.807) is 6.92 Å². The van der Waals surface area contributed by atoms with Crippen molar-refractivity contribution >= 4 is 39.0 Å². The van der Waals surface area contributed by atoms with Crippen LogP contribution < -0.4 is 21.2 Å². The molecular weight excluding hydrogens is 388 g/mol. The lowest BCUT2D eigenvalue weighted by atomic mass is 9.97. The first-order valence-electron chi connectivity index (χ1n) is 9.38. The number of anilines is 2. The normalized spacial score (nSPS) is 10.7. The maximum atomic E-state index is 12.3. The van der Waals surface area contributed by atoms with Crippen LogP contribution in [0, 0.1) is 11.3 Å². The molecule has 0 aliphatic rings. The Morgan fingerprint density at radius 2 is 1.97 bits per heavy atom. The number of aromatic nitrogens is 1. The van der Waals surface area contributed by atoms with Crippen molar-refractivity contribution in [1.29, 1.82) is 5.26 Å².